The molecule has 2 rings (SSSR count). The lowest BCUT2D eigenvalue weighted by atomic mass is 10.1. The van der Waals surface area contributed by atoms with Crippen LogP contribution < -0.4 is 10.6 Å². The molecule has 0 atom stereocenters. The number of hydrogen-bond acceptors (Lipinski definition) is 3. The number of rotatable bonds is 6. The predicted octanol–water partition coefficient (Wildman–Crippen LogP) is 1.68. The van der Waals surface area contributed by atoms with Crippen LogP contribution >= 0.6 is 12.2 Å². The maximum atomic E-state index is 5.34. The molecule has 1 heterocycles. The molecule has 1 aromatic rings. The van der Waals surface area contributed by atoms with Gasteiger partial charge in [-0.3, -0.25) is 4.90 Å². The lowest BCUT2D eigenvalue weighted by Crippen LogP contribution is -2.39. The molecule has 1 saturated heterocycles. The third-order valence-electron chi connectivity index (χ3n) is 3.74. The van der Waals surface area contributed by atoms with Crippen molar-refractivity contribution in [3.8, 4) is 0 Å². The van der Waals surface area contributed by atoms with Gasteiger partial charge in [-0.2, -0.15) is 0 Å². The summed E-state index contributed by atoms with van der Waals surface area (Å²) < 4.78 is 5.34. The number of thiocarbonyl (C=S) groups is 1. The van der Waals surface area contributed by atoms with Gasteiger partial charge in [0.05, 0.1) is 13.2 Å². The van der Waals surface area contributed by atoms with E-state index in [4.69, 9.17) is 17.0 Å². The summed E-state index contributed by atoms with van der Waals surface area (Å²) in [6.07, 6.45) is 1.10. The first-order valence-electron chi connectivity index (χ1n) is 7.62. The van der Waals surface area contributed by atoms with Crippen LogP contribution in [-0.4, -0.2) is 49.4 Å². The third-order valence-corrected chi connectivity index (χ3v) is 4.03. The summed E-state index contributed by atoms with van der Waals surface area (Å²) in [6.45, 7) is 8.76. The molecule has 4 nitrogen and oxygen atoms in total. The summed E-state index contributed by atoms with van der Waals surface area (Å²) in [7, 11) is 0. The standard InChI is InChI=1S/C16H25N3OS/c1-14-5-2-3-6-15(14)13-18-16(21)17-7-4-8-19-9-11-20-12-10-19/h2-3,5-6H,4,7-13H2,1H3,(H2,17,18,21). The Morgan fingerprint density at radius 1 is 1.24 bits per heavy atom. The van der Waals surface area contributed by atoms with E-state index in [1.54, 1.807) is 0 Å². The summed E-state index contributed by atoms with van der Waals surface area (Å²) in [5.41, 5.74) is 2.58. The molecule has 1 aromatic carbocycles. The molecule has 0 unspecified atom stereocenters. The largest absolute Gasteiger partial charge is 0.379 e. The Balaban J connectivity index is 1.56. The van der Waals surface area contributed by atoms with Gasteiger partial charge < -0.3 is 15.4 Å². The SMILES string of the molecule is Cc1ccccc1CNC(=S)NCCCN1CCOCC1. The fourth-order valence-electron chi connectivity index (χ4n) is 2.38. The van der Waals surface area contributed by atoms with Crippen molar-refractivity contribution in [1.29, 1.82) is 0 Å². The fraction of sp³-hybridized carbons (Fsp3) is 0.562. The average Bonchev–Trinajstić information content (AvgIpc) is 2.52. The molecule has 21 heavy (non-hydrogen) atoms. The van der Waals surface area contributed by atoms with Gasteiger partial charge in [0, 0.05) is 26.2 Å². The quantitative estimate of drug-likeness (QED) is 0.618. The molecule has 1 aliphatic rings. The van der Waals surface area contributed by atoms with Crippen molar-refractivity contribution in [3.63, 3.8) is 0 Å². The van der Waals surface area contributed by atoms with Crippen molar-refractivity contribution in [2.75, 3.05) is 39.4 Å². The zero-order valence-electron chi connectivity index (χ0n) is 12.7. The second kappa shape index (κ2) is 8.97. The normalized spacial score (nSPS) is 15.7. The van der Waals surface area contributed by atoms with Crippen LogP contribution in [0.25, 0.3) is 0 Å². The van der Waals surface area contributed by atoms with E-state index in [2.05, 4.69) is 46.7 Å². The van der Waals surface area contributed by atoms with E-state index >= 15 is 0 Å². The lowest BCUT2D eigenvalue weighted by Gasteiger charge is -2.26. The van der Waals surface area contributed by atoms with Gasteiger partial charge in [-0.05, 0) is 43.2 Å². The van der Waals surface area contributed by atoms with E-state index in [1.807, 2.05) is 0 Å². The first-order chi connectivity index (χ1) is 10.3. The predicted molar refractivity (Wildman–Crippen MR) is 90.5 cm³/mol. The molecule has 0 radical (unpaired) electrons. The monoisotopic (exact) mass is 307 g/mol. The Bertz CT molecular complexity index is 447. The fourth-order valence-corrected chi connectivity index (χ4v) is 2.55. The minimum Gasteiger partial charge on any atom is -0.379 e. The molecular weight excluding hydrogens is 282 g/mol. The van der Waals surface area contributed by atoms with Gasteiger partial charge in [-0.25, -0.2) is 0 Å². The summed E-state index contributed by atoms with van der Waals surface area (Å²) >= 11 is 5.31. The highest BCUT2D eigenvalue weighted by Gasteiger charge is 2.09. The highest BCUT2D eigenvalue weighted by Crippen LogP contribution is 2.05. The third kappa shape index (κ3) is 5.99. The maximum Gasteiger partial charge on any atom is 0.166 e. The summed E-state index contributed by atoms with van der Waals surface area (Å²) in [4.78, 5) is 2.44. The van der Waals surface area contributed by atoms with E-state index < -0.39 is 0 Å². The Kier molecular flexibility index (Phi) is 6.92. The van der Waals surface area contributed by atoms with Gasteiger partial charge in [-0.15, -0.1) is 0 Å². The van der Waals surface area contributed by atoms with Crippen LogP contribution in [0.1, 0.15) is 17.5 Å². The smallest absolute Gasteiger partial charge is 0.166 e. The highest BCUT2D eigenvalue weighted by atomic mass is 32.1. The second-order valence-corrected chi connectivity index (χ2v) is 5.75. The van der Waals surface area contributed by atoms with Crippen molar-refractivity contribution in [2.24, 2.45) is 0 Å². The molecule has 0 spiro atoms. The molecule has 0 saturated carbocycles. The molecule has 5 heteroatoms. The van der Waals surface area contributed by atoms with Gasteiger partial charge >= 0.3 is 0 Å². The van der Waals surface area contributed by atoms with E-state index in [-0.39, 0.29) is 0 Å². The van der Waals surface area contributed by atoms with Crippen molar-refractivity contribution in [3.05, 3.63) is 35.4 Å². The van der Waals surface area contributed by atoms with Crippen LogP contribution in [0.15, 0.2) is 24.3 Å². The van der Waals surface area contributed by atoms with Crippen LogP contribution in [0.3, 0.4) is 0 Å². The zero-order chi connectivity index (χ0) is 14.9. The Morgan fingerprint density at radius 3 is 2.76 bits per heavy atom. The first kappa shape index (κ1) is 16.2. The van der Waals surface area contributed by atoms with Gasteiger partial charge in [0.2, 0.25) is 0 Å². The summed E-state index contributed by atoms with van der Waals surface area (Å²) in [5, 5.41) is 7.28. The lowest BCUT2D eigenvalue weighted by molar-refractivity contribution is 0.0376. The molecule has 0 bridgehead atoms. The number of nitrogens with one attached hydrogen (secondary N) is 2. The van der Waals surface area contributed by atoms with Crippen molar-refractivity contribution >= 4 is 17.3 Å². The van der Waals surface area contributed by atoms with Crippen molar-refractivity contribution in [2.45, 2.75) is 19.9 Å². The van der Waals surface area contributed by atoms with E-state index in [0.29, 0.717) is 0 Å². The van der Waals surface area contributed by atoms with Crippen LogP contribution in [-0.2, 0) is 11.3 Å². The number of benzene rings is 1. The zero-order valence-corrected chi connectivity index (χ0v) is 13.5. The average molecular weight is 307 g/mol. The number of ether oxygens (including phenoxy) is 1. The van der Waals surface area contributed by atoms with Gasteiger partial charge in [0.1, 0.15) is 0 Å². The van der Waals surface area contributed by atoms with Crippen molar-refractivity contribution < 1.29 is 4.74 Å². The van der Waals surface area contributed by atoms with Crippen LogP contribution in [0.5, 0.6) is 0 Å². The topological polar surface area (TPSA) is 36.5 Å². The van der Waals surface area contributed by atoms with E-state index in [9.17, 15) is 0 Å². The minimum atomic E-state index is 0.736. The molecule has 1 fully saturated rings. The molecule has 2 N–H and O–H groups in total. The van der Waals surface area contributed by atoms with Gasteiger partial charge in [-0.1, -0.05) is 24.3 Å². The summed E-state index contributed by atoms with van der Waals surface area (Å²) in [5.74, 6) is 0. The number of hydrogen-bond donors (Lipinski definition) is 2. The number of morpholine rings is 1. The summed E-state index contributed by atoms with van der Waals surface area (Å²) in [6, 6.07) is 8.36. The minimum absolute atomic E-state index is 0.736. The van der Waals surface area contributed by atoms with Gasteiger partial charge in [0.15, 0.2) is 5.11 Å². The molecule has 0 amide bonds. The second-order valence-electron chi connectivity index (χ2n) is 5.34. The Morgan fingerprint density at radius 2 is 2.00 bits per heavy atom. The van der Waals surface area contributed by atoms with Crippen LogP contribution in [0.4, 0.5) is 0 Å². The maximum absolute atomic E-state index is 5.34. The Hall–Kier alpha value is -1.17. The first-order valence-corrected chi connectivity index (χ1v) is 8.03. The van der Waals surface area contributed by atoms with Gasteiger partial charge in [0.25, 0.3) is 0 Å². The molecule has 0 aliphatic carbocycles. The Labute approximate surface area is 132 Å². The molecule has 1 aliphatic heterocycles. The molecule has 116 valence electrons. The molecular formula is C16H25N3OS. The van der Waals surface area contributed by atoms with Crippen LogP contribution in [0, 0.1) is 6.92 Å². The molecule has 0 aromatic heterocycles. The van der Waals surface area contributed by atoms with E-state index in [1.165, 1.54) is 11.1 Å². The van der Waals surface area contributed by atoms with Crippen LogP contribution in [0.2, 0.25) is 0 Å². The highest BCUT2D eigenvalue weighted by molar-refractivity contribution is 7.80. The van der Waals surface area contributed by atoms with E-state index in [0.717, 1.165) is 57.5 Å². The van der Waals surface area contributed by atoms with Crippen molar-refractivity contribution in [1.82, 2.24) is 15.5 Å². The number of aryl methyl sites for hydroxylation is 1. The number of nitrogens with zero attached hydrogens (tertiary/aromatic N) is 1.